The number of carbonyl (C=O) groups excluding carboxylic acids is 3. The molecule has 1 fully saturated rings. The molecule has 0 unspecified atom stereocenters. The SMILES string of the molecule is CCOC(=O)c1ccc(N2NC(=O)/C(=C\c3cc(OC)c(OC)cc3Br)C2=O)cc1. The van der Waals surface area contributed by atoms with Gasteiger partial charge in [-0.05, 0) is 55.0 Å². The quantitative estimate of drug-likeness (QED) is 0.392. The standard InChI is InChI=1S/C21H19BrN2O6/c1-4-30-21(27)12-5-7-14(8-6-12)24-20(26)15(19(25)23-24)9-13-10-17(28-2)18(29-3)11-16(13)22/h5-11H,4H2,1-3H3,(H,23,25)/b15-9+. The lowest BCUT2D eigenvalue weighted by molar-refractivity contribution is -0.117. The number of benzene rings is 2. The van der Waals surface area contributed by atoms with Crippen molar-refractivity contribution in [2.75, 3.05) is 25.8 Å². The Hall–Kier alpha value is -3.33. The number of hydrazine groups is 1. The Morgan fingerprint density at radius 3 is 2.33 bits per heavy atom. The third-order valence-electron chi connectivity index (χ3n) is 4.33. The van der Waals surface area contributed by atoms with Crippen LogP contribution >= 0.6 is 15.9 Å². The van der Waals surface area contributed by atoms with Gasteiger partial charge in [0.2, 0.25) is 0 Å². The molecule has 1 aliphatic heterocycles. The van der Waals surface area contributed by atoms with Crippen LogP contribution in [0.25, 0.3) is 6.08 Å². The van der Waals surface area contributed by atoms with Crippen molar-refractivity contribution in [3.05, 3.63) is 57.6 Å². The number of amides is 2. The highest BCUT2D eigenvalue weighted by Crippen LogP contribution is 2.35. The number of hydrogen-bond donors (Lipinski definition) is 1. The van der Waals surface area contributed by atoms with Crippen LogP contribution in [0.5, 0.6) is 11.5 Å². The number of methoxy groups -OCH3 is 2. The third kappa shape index (κ3) is 4.16. The van der Waals surface area contributed by atoms with E-state index in [1.54, 1.807) is 31.2 Å². The molecule has 1 saturated heterocycles. The maximum absolute atomic E-state index is 12.8. The van der Waals surface area contributed by atoms with E-state index >= 15 is 0 Å². The number of ether oxygens (including phenoxy) is 3. The first-order valence-corrected chi connectivity index (χ1v) is 9.74. The summed E-state index contributed by atoms with van der Waals surface area (Å²) in [6, 6.07) is 9.51. The first-order chi connectivity index (χ1) is 14.4. The summed E-state index contributed by atoms with van der Waals surface area (Å²) < 4.78 is 16.1. The van der Waals surface area contributed by atoms with Crippen LogP contribution < -0.4 is 19.9 Å². The molecule has 0 aromatic heterocycles. The van der Waals surface area contributed by atoms with Crippen molar-refractivity contribution < 1.29 is 28.6 Å². The Labute approximate surface area is 181 Å². The summed E-state index contributed by atoms with van der Waals surface area (Å²) in [4.78, 5) is 37.1. The van der Waals surface area contributed by atoms with Crippen LogP contribution in [0, 0.1) is 0 Å². The second-order valence-corrected chi connectivity index (χ2v) is 6.99. The number of hydrogen-bond acceptors (Lipinski definition) is 6. The van der Waals surface area contributed by atoms with E-state index in [0.29, 0.717) is 32.8 Å². The fourth-order valence-corrected chi connectivity index (χ4v) is 3.27. The van der Waals surface area contributed by atoms with E-state index in [2.05, 4.69) is 21.4 Å². The molecule has 1 heterocycles. The average molecular weight is 475 g/mol. The molecule has 0 atom stereocenters. The van der Waals surface area contributed by atoms with Gasteiger partial charge in [-0.1, -0.05) is 15.9 Å². The molecule has 156 valence electrons. The van der Waals surface area contributed by atoms with Crippen molar-refractivity contribution in [3.8, 4) is 11.5 Å². The number of rotatable bonds is 6. The summed E-state index contributed by atoms with van der Waals surface area (Å²) in [6.07, 6.45) is 1.47. The summed E-state index contributed by atoms with van der Waals surface area (Å²) in [5.41, 5.74) is 3.82. The third-order valence-corrected chi connectivity index (χ3v) is 5.02. The van der Waals surface area contributed by atoms with E-state index in [9.17, 15) is 14.4 Å². The van der Waals surface area contributed by atoms with Gasteiger partial charge in [0.1, 0.15) is 5.57 Å². The lowest BCUT2D eigenvalue weighted by Gasteiger charge is -2.15. The Kier molecular flexibility index (Phi) is 6.41. The van der Waals surface area contributed by atoms with Crippen LogP contribution in [0.3, 0.4) is 0 Å². The molecule has 3 rings (SSSR count). The first kappa shape index (κ1) is 21.4. The molecule has 2 aromatic rings. The molecule has 1 N–H and O–H groups in total. The number of anilines is 1. The van der Waals surface area contributed by atoms with Gasteiger partial charge in [0, 0.05) is 4.47 Å². The largest absolute Gasteiger partial charge is 0.493 e. The smallest absolute Gasteiger partial charge is 0.338 e. The average Bonchev–Trinajstić information content (AvgIpc) is 3.03. The lowest BCUT2D eigenvalue weighted by Crippen LogP contribution is -2.35. The Morgan fingerprint density at radius 2 is 1.73 bits per heavy atom. The molecular weight excluding hydrogens is 456 g/mol. The van der Waals surface area contributed by atoms with Gasteiger partial charge in [-0.15, -0.1) is 0 Å². The minimum atomic E-state index is -0.545. The van der Waals surface area contributed by atoms with Gasteiger partial charge in [-0.25, -0.2) is 9.80 Å². The maximum atomic E-state index is 12.8. The number of carbonyl (C=O) groups is 3. The fourth-order valence-electron chi connectivity index (χ4n) is 2.84. The van der Waals surface area contributed by atoms with E-state index in [0.717, 1.165) is 5.01 Å². The number of halogens is 1. The molecule has 8 nitrogen and oxygen atoms in total. The zero-order valence-corrected chi connectivity index (χ0v) is 18.1. The van der Waals surface area contributed by atoms with Crippen LogP contribution in [0.15, 0.2) is 46.4 Å². The molecule has 0 bridgehead atoms. The number of nitrogens with one attached hydrogen (secondary N) is 1. The monoisotopic (exact) mass is 474 g/mol. The van der Waals surface area contributed by atoms with E-state index in [1.807, 2.05) is 0 Å². The molecule has 9 heteroatoms. The van der Waals surface area contributed by atoms with E-state index in [-0.39, 0.29) is 12.2 Å². The van der Waals surface area contributed by atoms with Crippen molar-refractivity contribution >= 4 is 45.5 Å². The zero-order chi connectivity index (χ0) is 21.8. The van der Waals surface area contributed by atoms with Crippen LogP contribution in [0.1, 0.15) is 22.8 Å². The van der Waals surface area contributed by atoms with Gasteiger partial charge in [0.25, 0.3) is 11.8 Å². The Balaban J connectivity index is 1.89. The van der Waals surface area contributed by atoms with Gasteiger partial charge >= 0.3 is 5.97 Å². The maximum Gasteiger partial charge on any atom is 0.338 e. The van der Waals surface area contributed by atoms with Crippen molar-refractivity contribution in [1.29, 1.82) is 0 Å². The topological polar surface area (TPSA) is 94.2 Å². The second kappa shape index (κ2) is 9.00. The Bertz CT molecular complexity index is 1030. The van der Waals surface area contributed by atoms with E-state index in [4.69, 9.17) is 14.2 Å². The predicted molar refractivity (Wildman–Crippen MR) is 113 cm³/mol. The fraction of sp³-hybridized carbons (Fsp3) is 0.190. The number of esters is 1. The zero-order valence-electron chi connectivity index (χ0n) is 16.5. The van der Waals surface area contributed by atoms with Crippen LogP contribution in [0.4, 0.5) is 5.69 Å². The van der Waals surface area contributed by atoms with Crippen LogP contribution in [0.2, 0.25) is 0 Å². The highest BCUT2D eigenvalue weighted by Gasteiger charge is 2.34. The lowest BCUT2D eigenvalue weighted by atomic mass is 10.1. The molecule has 30 heavy (non-hydrogen) atoms. The summed E-state index contributed by atoms with van der Waals surface area (Å²) in [5, 5.41) is 1.12. The van der Waals surface area contributed by atoms with Gasteiger partial charge in [-0.2, -0.15) is 0 Å². The number of nitrogens with zero attached hydrogens (tertiary/aromatic N) is 1. The minimum Gasteiger partial charge on any atom is -0.493 e. The van der Waals surface area contributed by atoms with Crippen molar-refractivity contribution in [1.82, 2.24) is 5.43 Å². The van der Waals surface area contributed by atoms with Crippen LogP contribution in [-0.2, 0) is 14.3 Å². The molecule has 2 aromatic carbocycles. The molecule has 0 radical (unpaired) electrons. The molecular formula is C21H19BrN2O6. The molecule has 0 aliphatic carbocycles. The molecule has 2 amide bonds. The first-order valence-electron chi connectivity index (χ1n) is 8.95. The summed E-state index contributed by atoms with van der Waals surface area (Å²) in [7, 11) is 3.01. The van der Waals surface area contributed by atoms with Crippen LogP contribution in [-0.4, -0.2) is 38.6 Å². The normalized spacial score (nSPS) is 14.7. The van der Waals surface area contributed by atoms with E-state index < -0.39 is 17.8 Å². The molecule has 0 saturated carbocycles. The highest BCUT2D eigenvalue weighted by atomic mass is 79.9. The molecule has 1 aliphatic rings. The molecule has 0 spiro atoms. The van der Waals surface area contributed by atoms with Crippen molar-refractivity contribution in [3.63, 3.8) is 0 Å². The summed E-state index contributed by atoms with van der Waals surface area (Å²) in [6.45, 7) is 1.98. The Morgan fingerprint density at radius 1 is 1.10 bits per heavy atom. The van der Waals surface area contributed by atoms with Gasteiger partial charge in [0.05, 0.1) is 32.1 Å². The summed E-state index contributed by atoms with van der Waals surface area (Å²) >= 11 is 3.41. The minimum absolute atomic E-state index is 0.0441. The second-order valence-electron chi connectivity index (χ2n) is 6.14. The highest BCUT2D eigenvalue weighted by molar-refractivity contribution is 9.10. The predicted octanol–water partition coefficient (Wildman–Crippen LogP) is 3.10. The van der Waals surface area contributed by atoms with Gasteiger partial charge in [-0.3, -0.25) is 15.0 Å². The van der Waals surface area contributed by atoms with Gasteiger partial charge < -0.3 is 14.2 Å². The van der Waals surface area contributed by atoms with Gasteiger partial charge in [0.15, 0.2) is 11.5 Å². The summed E-state index contributed by atoms with van der Waals surface area (Å²) in [5.74, 6) is -0.552. The van der Waals surface area contributed by atoms with Crippen molar-refractivity contribution in [2.45, 2.75) is 6.92 Å². The van der Waals surface area contributed by atoms with E-state index in [1.165, 1.54) is 32.4 Å². The van der Waals surface area contributed by atoms with Crippen molar-refractivity contribution in [2.24, 2.45) is 0 Å².